The Balaban J connectivity index is 2.71. The largest absolute Gasteiger partial charge is 0.481 e. The van der Waals surface area contributed by atoms with Crippen molar-refractivity contribution in [1.29, 1.82) is 0 Å². The lowest BCUT2D eigenvalue weighted by molar-refractivity contribution is -0.143. The molecule has 0 aliphatic carbocycles. The summed E-state index contributed by atoms with van der Waals surface area (Å²) in [5.74, 6) is -6.26. The summed E-state index contributed by atoms with van der Waals surface area (Å²) in [6, 6.07) is -3.85. The molecule has 3 amide bonds. The van der Waals surface area contributed by atoms with Crippen molar-refractivity contribution < 1.29 is 44.1 Å². The molecule has 1 heterocycles. The van der Waals surface area contributed by atoms with Crippen molar-refractivity contribution in [1.82, 2.24) is 25.9 Å². The summed E-state index contributed by atoms with van der Waals surface area (Å²) in [4.78, 5) is 75.8. The van der Waals surface area contributed by atoms with Gasteiger partial charge in [-0.05, 0) is 12.8 Å². The smallest absolute Gasteiger partial charge is 0.326 e. The van der Waals surface area contributed by atoms with Crippen LogP contribution in [0, 0.1) is 0 Å². The second-order valence-electron chi connectivity index (χ2n) is 6.99. The second kappa shape index (κ2) is 13.4. The number of carboxylic acid groups (broad SMARTS) is 3. The third kappa shape index (κ3) is 10.7. The summed E-state index contributed by atoms with van der Waals surface area (Å²) in [7, 11) is 0. The minimum Gasteiger partial charge on any atom is -0.481 e. The number of carbonyl (C=O) groups excluding carboxylic acids is 3. The Labute approximate surface area is 187 Å². The molecule has 1 rings (SSSR count). The molecule has 0 bridgehead atoms. The first-order valence-corrected chi connectivity index (χ1v) is 9.76. The van der Waals surface area contributed by atoms with Crippen molar-refractivity contribution in [2.24, 2.45) is 5.73 Å². The number of aromatic amines is 1. The molecule has 0 aliphatic heterocycles. The molecule has 15 nitrogen and oxygen atoms in total. The van der Waals surface area contributed by atoms with Gasteiger partial charge in [0.1, 0.15) is 12.1 Å². The number of hydrogen-bond acceptors (Lipinski definition) is 8. The van der Waals surface area contributed by atoms with Gasteiger partial charge in [0, 0.05) is 31.2 Å². The lowest BCUT2D eigenvalue weighted by Crippen LogP contribution is -2.54. The molecule has 1 aromatic rings. The Morgan fingerprint density at radius 3 is 2.12 bits per heavy atom. The van der Waals surface area contributed by atoms with Crippen molar-refractivity contribution >= 4 is 35.6 Å². The Kier molecular flexibility index (Phi) is 11.0. The number of nitrogens with zero attached hydrogens (tertiary/aromatic N) is 1. The van der Waals surface area contributed by atoms with E-state index in [9.17, 15) is 28.8 Å². The first-order chi connectivity index (χ1) is 15.5. The average molecular weight is 470 g/mol. The standard InChI is InChI=1S/C18H26N6O9/c19-10(1-3-14(26)27)16(30)24-12(5-9-6-20-8-22-9)17(31)21-7-13(25)23-11(18(32)33)2-4-15(28)29/h6,8,10-12H,1-5,7,19H2,(H,20,22)(H,21,31)(H,23,25)(H,24,30)(H,26,27)(H,28,29)(H,32,33). The molecule has 15 heteroatoms. The van der Waals surface area contributed by atoms with Gasteiger partial charge in [0.05, 0.1) is 18.9 Å². The van der Waals surface area contributed by atoms with Gasteiger partial charge >= 0.3 is 17.9 Å². The van der Waals surface area contributed by atoms with Crippen LogP contribution in [0.1, 0.15) is 31.4 Å². The molecular formula is C18H26N6O9. The fourth-order valence-corrected chi connectivity index (χ4v) is 2.58. The van der Waals surface area contributed by atoms with Crippen LogP contribution in [0.15, 0.2) is 12.5 Å². The molecule has 0 aliphatic rings. The first-order valence-electron chi connectivity index (χ1n) is 9.76. The average Bonchev–Trinajstić information content (AvgIpc) is 3.25. The molecule has 0 saturated carbocycles. The molecule has 3 unspecified atom stereocenters. The minimum absolute atomic E-state index is 0.0544. The third-order valence-electron chi connectivity index (χ3n) is 4.32. The number of H-pyrrole nitrogens is 1. The van der Waals surface area contributed by atoms with E-state index in [4.69, 9.17) is 21.1 Å². The Bertz CT molecular complexity index is 858. The van der Waals surface area contributed by atoms with E-state index in [1.807, 2.05) is 0 Å². The highest BCUT2D eigenvalue weighted by Crippen LogP contribution is 2.02. The topological polar surface area (TPSA) is 254 Å². The zero-order valence-electron chi connectivity index (χ0n) is 17.4. The Morgan fingerprint density at radius 1 is 0.939 bits per heavy atom. The monoisotopic (exact) mass is 470 g/mol. The highest BCUT2D eigenvalue weighted by Gasteiger charge is 2.26. The van der Waals surface area contributed by atoms with Gasteiger partial charge in [-0.3, -0.25) is 24.0 Å². The minimum atomic E-state index is -1.46. The van der Waals surface area contributed by atoms with Crippen LogP contribution in [0.2, 0.25) is 0 Å². The molecule has 0 spiro atoms. The molecule has 9 N–H and O–H groups in total. The molecule has 0 fully saturated rings. The number of nitrogens with two attached hydrogens (primary N) is 1. The predicted octanol–water partition coefficient (Wildman–Crippen LogP) is -2.82. The quantitative estimate of drug-likeness (QED) is 0.130. The van der Waals surface area contributed by atoms with Crippen LogP contribution in [-0.4, -0.2) is 85.6 Å². The lowest BCUT2D eigenvalue weighted by atomic mass is 10.1. The van der Waals surface area contributed by atoms with Crippen molar-refractivity contribution in [3.63, 3.8) is 0 Å². The zero-order chi connectivity index (χ0) is 25.0. The summed E-state index contributed by atoms with van der Waals surface area (Å²) < 4.78 is 0. The van der Waals surface area contributed by atoms with Crippen molar-refractivity contribution in [3.05, 3.63) is 18.2 Å². The fourth-order valence-electron chi connectivity index (χ4n) is 2.58. The van der Waals surface area contributed by atoms with Gasteiger partial charge in [0.15, 0.2) is 0 Å². The van der Waals surface area contributed by atoms with Gasteiger partial charge in [-0.25, -0.2) is 9.78 Å². The van der Waals surface area contributed by atoms with Crippen LogP contribution < -0.4 is 21.7 Å². The van der Waals surface area contributed by atoms with E-state index < -0.39 is 66.7 Å². The first kappa shape index (κ1) is 27.0. The summed E-state index contributed by atoms with van der Waals surface area (Å²) >= 11 is 0. The normalized spacial score (nSPS) is 13.2. The Hall–Kier alpha value is -4.01. The summed E-state index contributed by atoms with van der Waals surface area (Å²) in [5, 5.41) is 33.2. The highest BCUT2D eigenvalue weighted by molar-refractivity contribution is 5.92. The summed E-state index contributed by atoms with van der Waals surface area (Å²) in [6.07, 6.45) is 1.36. The number of amides is 3. The summed E-state index contributed by atoms with van der Waals surface area (Å²) in [6.45, 7) is -0.643. The number of carbonyl (C=O) groups is 6. The maximum absolute atomic E-state index is 12.6. The SMILES string of the molecule is NC(CCC(=O)O)C(=O)NC(Cc1cnc[nH]1)C(=O)NCC(=O)NC(CCC(=O)O)C(=O)O. The number of carboxylic acids is 3. The van der Waals surface area contributed by atoms with Crippen LogP contribution >= 0.6 is 0 Å². The number of imidazole rings is 1. The van der Waals surface area contributed by atoms with E-state index >= 15 is 0 Å². The van der Waals surface area contributed by atoms with Crippen LogP contribution in [0.3, 0.4) is 0 Å². The van der Waals surface area contributed by atoms with Gasteiger partial charge in [-0.1, -0.05) is 0 Å². The van der Waals surface area contributed by atoms with Crippen molar-refractivity contribution in [2.75, 3.05) is 6.54 Å². The van der Waals surface area contributed by atoms with E-state index in [1.165, 1.54) is 12.5 Å². The van der Waals surface area contributed by atoms with Gasteiger partial charge in [-0.2, -0.15) is 0 Å². The second-order valence-corrected chi connectivity index (χ2v) is 6.99. The zero-order valence-corrected chi connectivity index (χ0v) is 17.4. The van der Waals surface area contributed by atoms with E-state index in [2.05, 4.69) is 25.9 Å². The third-order valence-corrected chi connectivity index (χ3v) is 4.32. The number of aromatic nitrogens is 2. The van der Waals surface area contributed by atoms with Crippen LogP contribution in [0.5, 0.6) is 0 Å². The Morgan fingerprint density at radius 2 is 1.58 bits per heavy atom. The number of nitrogens with one attached hydrogen (secondary N) is 4. The maximum atomic E-state index is 12.6. The van der Waals surface area contributed by atoms with E-state index in [1.54, 1.807) is 0 Å². The molecule has 33 heavy (non-hydrogen) atoms. The summed E-state index contributed by atoms with van der Waals surface area (Å²) in [5.41, 5.74) is 6.12. The van der Waals surface area contributed by atoms with Gasteiger partial charge in [0.25, 0.3) is 0 Å². The number of aliphatic carboxylic acids is 3. The molecule has 0 radical (unpaired) electrons. The molecular weight excluding hydrogens is 444 g/mol. The number of rotatable bonds is 15. The lowest BCUT2D eigenvalue weighted by Gasteiger charge is -2.20. The van der Waals surface area contributed by atoms with Gasteiger partial charge in [0.2, 0.25) is 17.7 Å². The molecule has 1 aromatic heterocycles. The number of hydrogen-bond donors (Lipinski definition) is 8. The molecule has 0 saturated heterocycles. The van der Waals surface area contributed by atoms with E-state index in [0.717, 1.165) is 0 Å². The van der Waals surface area contributed by atoms with E-state index in [-0.39, 0.29) is 25.7 Å². The highest BCUT2D eigenvalue weighted by atomic mass is 16.4. The van der Waals surface area contributed by atoms with E-state index in [0.29, 0.717) is 5.69 Å². The maximum Gasteiger partial charge on any atom is 0.326 e. The van der Waals surface area contributed by atoms with Crippen molar-refractivity contribution in [3.8, 4) is 0 Å². The van der Waals surface area contributed by atoms with Gasteiger partial charge in [-0.15, -0.1) is 0 Å². The van der Waals surface area contributed by atoms with Crippen LogP contribution in [0.4, 0.5) is 0 Å². The molecule has 3 atom stereocenters. The molecule has 0 aromatic carbocycles. The molecule has 182 valence electrons. The van der Waals surface area contributed by atoms with Gasteiger partial charge < -0.3 is 42.0 Å². The predicted molar refractivity (Wildman–Crippen MR) is 109 cm³/mol. The van der Waals surface area contributed by atoms with Crippen LogP contribution in [0.25, 0.3) is 0 Å². The van der Waals surface area contributed by atoms with Crippen LogP contribution in [-0.2, 0) is 35.2 Å². The van der Waals surface area contributed by atoms with Crippen molar-refractivity contribution in [2.45, 2.75) is 50.2 Å². The fraction of sp³-hybridized carbons (Fsp3) is 0.500.